The summed E-state index contributed by atoms with van der Waals surface area (Å²) in [6.45, 7) is 3.96. The highest BCUT2D eigenvalue weighted by Gasteiger charge is 2.46. The van der Waals surface area contributed by atoms with Gasteiger partial charge in [0, 0.05) is 17.5 Å². The van der Waals surface area contributed by atoms with Gasteiger partial charge in [-0.2, -0.15) is 0 Å². The third-order valence-corrected chi connectivity index (χ3v) is 4.87. The lowest BCUT2D eigenvalue weighted by Gasteiger charge is -2.28. The summed E-state index contributed by atoms with van der Waals surface area (Å²) in [4.78, 5) is 15.9. The fraction of sp³-hybridized carbons (Fsp3) is 0.571. The first-order chi connectivity index (χ1) is 9.41. The molecule has 2 N–H and O–H groups in total. The van der Waals surface area contributed by atoms with Crippen molar-refractivity contribution in [3.8, 4) is 0 Å². The number of nitrogens with zero attached hydrogens (tertiary/aromatic N) is 1. The molecule has 0 aromatic carbocycles. The van der Waals surface area contributed by atoms with Crippen LogP contribution in [0.3, 0.4) is 0 Å². The number of rotatable bonds is 5. The minimum Gasteiger partial charge on any atom is -0.480 e. The number of pyridine rings is 1. The summed E-state index contributed by atoms with van der Waals surface area (Å²) in [6.07, 6.45) is 3.78. The van der Waals surface area contributed by atoms with E-state index >= 15 is 0 Å². The summed E-state index contributed by atoms with van der Waals surface area (Å²) in [7, 11) is 0. The summed E-state index contributed by atoms with van der Waals surface area (Å²) in [5, 5.41) is 14.5. The lowest BCUT2D eigenvalue weighted by molar-refractivity contribution is -0.145. The van der Waals surface area contributed by atoms with Gasteiger partial charge < -0.3 is 5.11 Å². The van der Waals surface area contributed by atoms with Gasteiger partial charge in [-0.05, 0) is 45.2 Å². The average Bonchev–Trinajstić information content (AvgIpc) is 2.76. The van der Waals surface area contributed by atoms with Gasteiger partial charge in [0.2, 0.25) is 0 Å². The van der Waals surface area contributed by atoms with Crippen LogP contribution in [0.5, 0.6) is 0 Å². The van der Waals surface area contributed by atoms with E-state index in [1.165, 1.54) is 0 Å². The smallest absolute Gasteiger partial charge is 0.323 e. The van der Waals surface area contributed by atoms with Crippen LogP contribution < -0.4 is 5.32 Å². The number of hydrogen-bond acceptors (Lipinski definition) is 4. The monoisotopic (exact) mass is 314 g/mol. The highest BCUT2D eigenvalue weighted by Crippen LogP contribution is 2.40. The maximum absolute atomic E-state index is 11.6. The first-order valence-electron chi connectivity index (χ1n) is 6.70. The molecular weight excluding hydrogens is 296 g/mol. The lowest BCUT2D eigenvalue weighted by Crippen LogP contribution is -2.53. The lowest BCUT2D eigenvalue weighted by atomic mass is 9.97. The average molecular weight is 315 g/mol. The van der Waals surface area contributed by atoms with E-state index in [1.807, 2.05) is 26.0 Å². The Bertz CT molecular complexity index is 481. The molecule has 6 heteroatoms. The van der Waals surface area contributed by atoms with E-state index in [-0.39, 0.29) is 11.3 Å². The Labute approximate surface area is 128 Å². The molecule has 110 valence electrons. The van der Waals surface area contributed by atoms with E-state index in [9.17, 15) is 9.90 Å². The zero-order chi connectivity index (χ0) is 14.8. The van der Waals surface area contributed by atoms with Gasteiger partial charge in [0.1, 0.15) is 5.54 Å². The van der Waals surface area contributed by atoms with E-state index in [0.29, 0.717) is 17.9 Å². The van der Waals surface area contributed by atoms with Crippen LogP contribution in [-0.4, -0.2) is 32.9 Å². The third-order valence-electron chi connectivity index (χ3n) is 3.43. The number of carboxylic acid groups (broad SMARTS) is 1. The Balaban J connectivity index is 2.03. The molecule has 1 heterocycles. The Morgan fingerprint density at radius 3 is 2.90 bits per heavy atom. The first-order valence-corrected chi connectivity index (χ1v) is 7.96. The molecule has 0 saturated heterocycles. The van der Waals surface area contributed by atoms with E-state index in [4.69, 9.17) is 11.6 Å². The molecule has 20 heavy (non-hydrogen) atoms. The Morgan fingerprint density at radius 2 is 2.35 bits per heavy atom. The van der Waals surface area contributed by atoms with Crippen LogP contribution in [0.4, 0.5) is 0 Å². The van der Waals surface area contributed by atoms with Crippen LogP contribution in [0, 0.1) is 0 Å². The highest BCUT2D eigenvalue weighted by atomic mass is 35.5. The van der Waals surface area contributed by atoms with Crippen LogP contribution in [0.15, 0.2) is 23.4 Å². The fourth-order valence-electron chi connectivity index (χ4n) is 2.64. The zero-order valence-electron chi connectivity index (χ0n) is 11.6. The Hall–Kier alpha value is -0.780. The van der Waals surface area contributed by atoms with E-state index in [0.717, 1.165) is 11.4 Å². The topological polar surface area (TPSA) is 62.2 Å². The van der Waals surface area contributed by atoms with Crippen molar-refractivity contribution >= 4 is 29.3 Å². The molecule has 1 aromatic rings. The van der Waals surface area contributed by atoms with Crippen molar-refractivity contribution in [2.24, 2.45) is 0 Å². The van der Waals surface area contributed by atoms with Crippen LogP contribution in [-0.2, 0) is 4.79 Å². The van der Waals surface area contributed by atoms with Crippen molar-refractivity contribution in [2.75, 3.05) is 0 Å². The van der Waals surface area contributed by atoms with Gasteiger partial charge in [0.15, 0.2) is 0 Å². The molecule has 0 aliphatic heterocycles. The molecule has 1 aliphatic rings. The van der Waals surface area contributed by atoms with Gasteiger partial charge in [-0.1, -0.05) is 11.6 Å². The molecule has 2 unspecified atom stereocenters. The molecule has 2 atom stereocenters. The van der Waals surface area contributed by atoms with Gasteiger partial charge in [0.05, 0.1) is 10.0 Å². The second-order valence-electron chi connectivity index (χ2n) is 5.48. The van der Waals surface area contributed by atoms with Gasteiger partial charge in [0.25, 0.3) is 0 Å². The van der Waals surface area contributed by atoms with Gasteiger partial charge in [-0.25, -0.2) is 4.98 Å². The van der Waals surface area contributed by atoms with Gasteiger partial charge in [-0.15, -0.1) is 11.8 Å². The summed E-state index contributed by atoms with van der Waals surface area (Å²) in [5.74, 6) is -0.752. The number of halogens is 1. The number of aliphatic carboxylic acids is 1. The zero-order valence-corrected chi connectivity index (χ0v) is 13.2. The summed E-state index contributed by atoms with van der Waals surface area (Å²) < 4.78 is 0. The van der Waals surface area contributed by atoms with E-state index in [2.05, 4.69) is 10.3 Å². The second-order valence-corrected chi connectivity index (χ2v) is 7.24. The molecule has 1 aromatic heterocycles. The van der Waals surface area contributed by atoms with Crippen molar-refractivity contribution in [1.29, 1.82) is 0 Å². The molecule has 0 amide bonds. The molecule has 0 bridgehead atoms. The molecule has 2 rings (SSSR count). The highest BCUT2D eigenvalue weighted by molar-refractivity contribution is 7.99. The normalized spacial score (nSPS) is 26.1. The third kappa shape index (κ3) is 3.65. The fourth-order valence-corrected chi connectivity index (χ4v) is 3.96. The minimum absolute atomic E-state index is 0.156. The number of carboxylic acids is 1. The predicted octanol–water partition coefficient (Wildman–Crippen LogP) is 3.20. The molecule has 1 saturated carbocycles. The van der Waals surface area contributed by atoms with Crippen LogP contribution in [0.1, 0.15) is 33.1 Å². The number of aromatic nitrogens is 1. The summed E-state index contributed by atoms with van der Waals surface area (Å²) >= 11 is 7.45. The maximum Gasteiger partial charge on any atom is 0.323 e. The molecule has 1 fully saturated rings. The van der Waals surface area contributed by atoms with E-state index < -0.39 is 11.5 Å². The molecule has 0 radical (unpaired) electrons. The molecular formula is C14H19ClN2O2S. The second kappa shape index (κ2) is 6.33. The van der Waals surface area contributed by atoms with Gasteiger partial charge in [-0.3, -0.25) is 10.1 Å². The van der Waals surface area contributed by atoms with Crippen molar-refractivity contribution in [1.82, 2.24) is 10.3 Å². The Morgan fingerprint density at radius 1 is 1.60 bits per heavy atom. The van der Waals surface area contributed by atoms with Crippen molar-refractivity contribution in [2.45, 2.75) is 55.0 Å². The number of carbonyl (C=O) groups is 1. The van der Waals surface area contributed by atoms with E-state index in [1.54, 1.807) is 18.0 Å². The standard InChI is InChI=1S/C14H19ClN2O2S/c1-9(2)17-14(13(18)19)6-5-11(7-14)20-12-4-3-10(15)8-16-12/h3-4,8-9,11,17H,5-7H2,1-2H3,(H,18,19). The maximum atomic E-state index is 11.6. The number of hydrogen-bond donors (Lipinski definition) is 2. The quantitative estimate of drug-likeness (QED) is 0.874. The van der Waals surface area contributed by atoms with Gasteiger partial charge >= 0.3 is 5.97 Å². The predicted molar refractivity (Wildman–Crippen MR) is 81.4 cm³/mol. The van der Waals surface area contributed by atoms with Crippen molar-refractivity contribution < 1.29 is 9.90 Å². The minimum atomic E-state index is -0.793. The summed E-state index contributed by atoms with van der Waals surface area (Å²) in [6, 6.07) is 3.84. The van der Waals surface area contributed by atoms with Crippen molar-refractivity contribution in [3.63, 3.8) is 0 Å². The number of nitrogens with one attached hydrogen (secondary N) is 1. The molecule has 4 nitrogen and oxygen atoms in total. The Kier molecular flexibility index (Phi) is 4.94. The van der Waals surface area contributed by atoms with Crippen LogP contribution in [0.25, 0.3) is 0 Å². The van der Waals surface area contributed by atoms with Crippen LogP contribution >= 0.6 is 23.4 Å². The van der Waals surface area contributed by atoms with Crippen LogP contribution in [0.2, 0.25) is 5.02 Å². The number of thioether (sulfide) groups is 1. The largest absolute Gasteiger partial charge is 0.480 e. The molecule has 0 spiro atoms. The van der Waals surface area contributed by atoms with Crippen molar-refractivity contribution in [3.05, 3.63) is 23.4 Å². The first kappa shape index (κ1) is 15.6. The summed E-state index contributed by atoms with van der Waals surface area (Å²) in [5.41, 5.74) is -0.793. The SMILES string of the molecule is CC(C)NC1(C(=O)O)CCC(Sc2ccc(Cl)cn2)C1. The molecule has 1 aliphatic carbocycles.